The second-order valence-corrected chi connectivity index (χ2v) is 7.94. The molecule has 0 fully saturated rings. The van der Waals surface area contributed by atoms with Crippen molar-refractivity contribution >= 4 is 47.6 Å². The normalized spacial score (nSPS) is 13.8. The van der Waals surface area contributed by atoms with Gasteiger partial charge in [-0.3, -0.25) is 0 Å². The number of nitrogen functional groups attached to an aromatic ring is 1. The largest absolute Gasteiger partial charge is 0.398 e. The van der Waals surface area contributed by atoms with Gasteiger partial charge in [-0.2, -0.15) is 0 Å². The second-order valence-electron chi connectivity index (χ2n) is 4.47. The molecule has 19 heavy (non-hydrogen) atoms. The highest BCUT2D eigenvalue weighted by Gasteiger charge is 2.22. The van der Waals surface area contributed by atoms with E-state index >= 15 is 0 Å². The van der Waals surface area contributed by atoms with Crippen LogP contribution in [-0.2, 0) is 10.0 Å². The fourth-order valence-electron chi connectivity index (χ4n) is 1.35. The minimum Gasteiger partial charge on any atom is -0.398 e. The molecule has 0 radical (unpaired) electrons. The van der Waals surface area contributed by atoms with Gasteiger partial charge in [-0.25, -0.2) is 13.1 Å². The van der Waals surface area contributed by atoms with Gasteiger partial charge in [-0.15, -0.1) is 0 Å². The minimum atomic E-state index is -3.64. The summed E-state index contributed by atoms with van der Waals surface area (Å²) in [6.07, 6.45) is 0. The van der Waals surface area contributed by atoms with Gasteiger partial charge in [0.25, 0.3) is 0 Å². The maximum absolute atomic E-state index is 12.3. The Balaban J connectivity index is 3.02. The molecule has 0 aliphatic rings. The van der Waals surface area contributed by atoms with Crippen LogP contribution in [-0.4, -0.2) is 40.0 Å². The number of hydrogen-bond acceptors (Lipinski definition) is 4. The average Bonchev–Trinajstić information content (AvgIpc) is 2.23. The standard InChI is InChI=1S/C11H17Br2N3O2S/c1-7(16(2)3)6-15-19(17,18)11-9(13)4-8(12)5-10(11)14/h4-5,7,15H,6,14H2,1-3H3. The predicted molar refractivity (Wildman–Crippen MR) is 84.6 cm³/mol. The van der Waals surface area contributed by atoms with E-state index in [4.69, 9.17) is 5.73 Å². The molecule has 108 valence electrons. The summed E-state index contributed by atoms with van der Waals surface area (Å²) in [7, 11) is 0.147. The molecular formula is C11H17Br2N3O2S. The molecule has 0 saturated carbocycles. The molecular weight excluding hydrogens is 398 g/mol. The molecule has 1 aromatic carbocycles. The number of benzene rings is 1. The molecule has 1 atom stereocenters. The van der Waals surface area contributed by atoms with E-state index in [1.165, 1.54) is 0 Å². The molecule has 3 N–H and O–H groups in total. The molecule has 0 aliphatic heterocycles. The van der Waals surface area contributed by atoms with Crippen molar-refractivity contribution in [2.24, 2.45) is 0 Å². The number of likely N-dealkylation sites (N-methyl/N-ethyl adjacent to an activating group) is 1. The van der Waals surface area contributed by atoms with Gasteiger partial charge in [0.1, 0.15) is 4.90 Å². The number of nitrogens with two attached hydrogens (primary N) is 1. The maximum atomic E-state index is 12.3. The number of anilines is 1. The van der Waals surface area contributed by atoms with Gasteiger partial charge in [0, 0.05) is 21.5 Å². The molecule has 0 heterocycles. The first-order chi connectivity index (χ1) is 8.65. The molecule has 5 nitrogen and oxygen atoms in total. The molecule has 1 rings (SSSR count). The molecule has 0 aliphatic carbocycles. The first-order valence-corrected chi connectivity index (χ1v) is 8.62. The first-order valence-electron chi connectivity index (χ1n) is 5.55. The van der Waals surface area contributed by atoms with E-state index in [2.05, 4.69) is 36.6 Å². The van der Waals surface area contributed by atoms with Crippen molar-refractivity contribution in [3.63, 3.8) is 0 Å². The Hall–Kier alpha value is -0.150. The summed E-state index contributed by atoms with van der Waals surface area (Å²) >= 11 is 6.49. The van der Waals surface area contributed by atoms with Crippen molar-refractivity contribution in [1.82, 2.24) is 9.62 Å². The molecule has 0 spiro atoms. The second kappa shape index (κ2) is 6.53. The molecule has 0 saturated heterocycles. The third kappa shape index (κ3) is 4.42. The van der Waals surface area contributed by atoms with Crippen LogP contribution in [0.1, 0.15) is 6.92 Å². The van der Waals surface area contributed by atoms with Crippen molar-refractivity contribution in [1.29, 1.82) is 0 Å². The highest BCUT2D eigenvalue weighted by Crippen LogP contribution is 2.31. The van der Waals surface area contributed by atoms with E-state index in [1.54, 1.807) is 12.1 Å². The zero-order valence-corrected chi connectivity index (χ0v) is 14.9. The van der Waals surface area contributed by atoms with Crippen LogP contribution in [0.5, 0.6) is 0 Å². The lowest BCUT2D eigenvalue weighted by molar-refractivity contribution is 0.314. The number of hydrogen-bond donors (Lipinski definition) is 2. The SMILES string of the molecule is CC(CNS(=O)(=O)c1c(N)cc(Br)cc1Br)N(C)C. The van der Waals surface area contributed by atoms with Crippen molar-refractivity contribution in [3.05, 3.63) is 21.1 Å². The summed E-state index contributed by atoms with van der Waals surface area (Å²) < 4.78 is 28.2. The van der Waals surface area contributed by atoms with Crippen LogP contribution in [0.3, 0.4) is 0 Å². The van der Waals surface area contributed by atoms with E-state index in [1.807, 2.05) is 25.9 Å². The third-order valence-electron chi connectivity index (χ3n) is 2.76. The Kier molecular flexibility index (Phi) is 5.81. The van der Waals surface area contributed by atoms with Crippen LogP contribution < -0.4 is 10.5 Å². The Bertz CT molecular complexity index is 538. The minimum absolute atomic E-state index is 0.0710. The van der Waals surface area contributed by atoms with Crippen LogP contribution >= 0.6 is 31.9 Å². The van der Waals surface area contributed by atoms with Gasteiger partial charge in [-0.1, -0.05) is 15.9 Å². The van der Waals surface area contributed by atoms with Gasteiger partial charge in [0.05, 0.1) is 5.69 Å². The average molecular weight is 415 g/mol. The van der Waals surface area contributed by atoms with Crippen LogP contribution in [0.4, 0.5) is 5.69 Å². The van der Waals surface area contributed by atoms with E-state index in [9.17, 15) is 8.42 Å². The van der Waals surface area contributed by atoms with Gasteiger partial charge in [0.15, 0.2) is 0 Å². The summed E-state index contributed by atoms with van der Waals surface area (Å²) in [5.74, 6) is 0. The van der Waals surface area contributed by atoms with Gasteiger partial charge < -0.3 is 10.6 Å². The van der Waals surface area contributed by atoms with Crippen LogP contribution in [0.2, 0.25) is 0 Å². The number of halogens is 2. The van der Waals surface area contributed by atoms with Crippen LogP contribution in [0.15, 0.2) is 26.0 Å². The number of nitrogens with zero attached hydrogens (tertiary/aromatic N) is 1. The van der Waals surface area contributed by atoms with E-state index in [0.29, 0.717) is 11.0 Å². The van der Waals surface area contributed by atoms with E-state index in [0.717, 1.165) is 4.47 Å². The fourth-order valence-corrected chi connectivity index (χ4v) is 4.54. The van der Waals surface area contributed by atoms with Gasteiger partial charge in [0.2, 0.25) is 10.0 Å². The van der Waals surface area contributed by atoms with Gasteiger partial charge in [-0.05, 0) is 49.1 Å². The summed E-state index contributed by atoms with van der Waals surface area (Å²) in [6.45, 7) is 2.25. The van der Waals surface area contributed by atoms with Crippen molar-refractivity contribution in [3.8, 4) is 0 Å². The quantitative estimate of drug-likeness (QED) is 0.722. The summed E-state index contributed by atoms with van der Waals surface area (Å²) in [5, 5.41) is 0. The zero-order valence-electron chi connectivity index (χ0n) is 10.9. The molecule has 0 aromatic heterocycles. The highest BCUT2D eigenvalue weighted by molar-refractivity contribution is 9.11. The first kappa shape index (κ1) is 16.9. The summed E-state index contributed by atoms with van der Waals surface area (Å²) in [6, 6.07) is 3.31. The number of rotatable bonds is 5. The highest BCUT2D eigenvalue weighted by atomic mass is 79.9. The molecule has 8 heteroatoms. The molecule has 1 unspecified atom stereocenters. The summed E-state index contributed by atoms with van der Waals surface area (Å²) in [5.41, 5.74) is 5.99. The lowest BCUT2D eigenvalue weighted by atomic mass is 10.3. The van der Waals surface area contributed by atoms with Crippen LogP contribution in [0, 0.1) is 0 Å². The zero-order chi connectivity index (χ0) is 14.8. The smallest absolute Gasteiger partial charge is 0.243 e. The molecule has 1 aromatic rings. The Morgan fingerprint density at radius 1 is 1.37 bits per heavy atom. The lowest BCUT2D eigenvalue weighted by Crippen LogP contribution is -2.38. The predicted octanol–water partition coefficient (Wildman–Crippen LogP) is 2.02. The monoisotopic (exact) mass is 413 g/mol. The number of nitrogens with one attached hydrogen (secondary N) is 1. The molecule has 0 amide bonds. The van der Waals surface area contributed by atoms with E-state index < -0.39 is 10.0 Å². The van der Waals surface area contributed by atoms with Gasteiger partial charge >= 0.3 is 0 Å². The Morgan fingerprint density at radius 3 is 2.42 bits per heavy atom. The van der Waals surface area contributed by atoms with E-state index in [-0.39, 0.29) is 16.6 Å². The van der Waals surface area contributed by atoms with Crippen molar-refractivity contribution in [2.75, 3.05) is 26.4 Å². The van der Waals surface area contributed by atoms with Crippen LogP contribution in [0.25, 0.3) is 0 Å². The van der Waals surface area contributed by atoms with Crippen molar-refractivity contribution in [2.45, 2.75) is 17.9 Å². The van der Waals surface area contributed by atoms with Crippen molar-refractivity contribution < 1.29 is 8.42 Å². The number of sulfonamides is 1. The third-order valence-corrected chi connectivity index (χ3v) is 5.64. The Morgan fingerprint density at radius 2 is 1.95 bits per heavy atom. The molecule has 0 bridgehead atoms. The summed E-state index contributed by atoms with van der Waals surface area (Å²) in [4.78, 5) is 2.00. The maximum Gasteiger partial charge on any atom is 0.243 e. The topological polar surface area (TPSA) is 75.4 Å². The fraction of sp³-hybridized carbons (Fsp3) is 0.455. The lowest BCUT2D eigenvalue weighted by Gasteiger charge is -2.20. The Labute approximate surface area is 130 Å².